The first-order chi connectivity index (χ1) is 14.7. The second-order valence-electron chi connectivity index (χ2n) is 6.95. The van der Waals surface area contributed by atoms with Crippen LogP contribution in [0.3, 0.4) is 0 Å². The van der Waals surface area contributed by atoms with Crippen LogP contribution in [0, 0.1) is 0 Å². The maximum Gasteiger partial charge on any atom is 0.402 e. The first-order valence-corrected chi connectivity index (χ1v) is 10.8. The van der Waals surface area contributed by atoms with E-state index < -0.39 is 33.4 Å². The molecule has 0 aliphatic rings. The Bertz CT molecular complexity index is 1020. The molecule has 0 aliphatic heterocycles. The van der Waals surface area contributed by atoms with Gasteiger partial charge in [0, 0.05) is 0 Å². The molecule has 0 aliphatic carbocycles. The molecular formula is C23H20F2O5S. The van der Waals surface area contributed by atoms with Gasteiger partial charge in [0.1, 0.15) is 0 Å². The van der Waals surface area contributed by atoms with Gasteiger partial charge in [0.25, 0.3) is 0 Å². The van der Waals surface area contributed by atoms with Gasteiger partial charge in [0.15, 0.2) is 6.61 Å². The first-order valence-electron chi connectivity index (χ1n) is 9.34. The van der Waals surface area contributed by atoms with Crippen molar-refractivity contribution in [2.45, 2.75) is 17.1 Å². The fourth-order valence-corrected chi connectivity index (χ4v) is 3.69. The highest BCUT2D eigenvalue weighted by molar-refractivity contribution is 7.86. The van der Waals surface area contributed by atoms with Gasteiger partial charge in [0.2, 0.25) is 0 Å². The monoisotopic (exact) mass is 446 g/mol. The number of alkyl halides is 2. The molecule has 0 radical (unpaired) electrons. The van der Waals surface area contributed by atoms with Crippen molar-refractivity contribution in [1.29, 1.82) is 0 Å². The molecule has 0 spiro atoms. The Kier molecular flexibility index (Phi) is 6.52. The SMILES string of the molecule is O=C(CC(c1ccccc1)(c1ccccc1)c1ccccc1)OCC(F)(F)S(=O)(=O)O. The molecule has 0 bridgehead atoms. The fourth-order valence-electron chi connectivity index (χ4n) is 3.48. The molecule has 0 amide bonds. The van der Waals surface area contributed by atoms with Crippen LogP contribution in [0.4, 0.5) is 8.78 Å². The summed E-state index contributed by atoms with van der Waals surface area (Å²) in [6.07, 6.45) is -0.368. The number of rotatable bonds is 8. The van der Waals surface area contributed by atoms with Gasteiger partial charge in [-0.05, 0) is 16.7 Å². The van der Waals surface area contributed by atoms with Crippen molar-refractivity contribution >= 4 is 16.1 Å². The number of benzene rings is 3. The molecule has 5 nitrogen and oxygen atoms in total. The number of esters is 1. The second kappa shape index (κ2) is 8.95. The summed E-state index contributed by atoms with van der Waals surface area (Å²) in [4.78, 5) is 12.7. The zero-order valence-corrected chi connectivity index (χ0v) is 17.1. The molecule has 0 atom stereocenters. The van der Waals surface area contributed by atoms with Crippen LogP contribution in [-0.4, -0.2) is 30.8 Å². The predicted molar refractivity (Wildman–Crippen MR) is 111 cm³/mol. The third kappa shape index (κ3) is 4.81. The third-order valence-corrected chi connectivity index (χ3v) is 5.86. The molecule has 0 unspecified atom stereocenters. The molecule has 3 aromatic carbocycles. The maximum absolute atomic E-state index is 13.6. The van der Waals surface area contributed by atoms with Crippen LogP contribution < -0.4 is 0 Å². The number of hydrogen-bond acceptors (Lipinski definition) is 4. The minimum atomic E-state index is -5.71. The highest BCUT2D eigenvalue weighted by Crippen LogP contribution is 2.42. The number of hydrogen-bond donors (Lipinski definition) is 1. The van der Waals surface area contributed by atoms with Crippen LogP contribution in [-0.2, 0) is 25.1 Å². The van der Waals surface area contributed by atoms with Gasteiger partial charge in [-0.25, -0.2) is 0 Å². The van der Waals surface area contributed by atoms with Crippen molar-refractivity contribution < 1.29 is 31.3 Å². The fraction of sp³-hybridized carbons (Fsp3) is 0.174. The van der Waals surface area contributed by atoms with Crippen molar-refractivity contribution in [3.05, 3.63) is 108 Å². The van der Waals surface area contributed by atoms with E-state index in [1.54, 1.807) is 36.4 Å². The Balaban J connectivity index is 2.07. The second-order valence-corrected chi connectivity index (χ2v) is 8.50. The zero-order valence-electron chi connectivity index (χ0n) is 16.3. The summed E-state index contributed by atoms with van der Waals surface area (Å²) in [6.45, 7) is -1.78. The van der Waals surface area contributed by atoms with Gasteiger partial charge >= 0.3 is 21.3 Å². The van der Waals surface area contributed by atoms with Crippen LogP contribution in [0.1, 0.15) is 23.1 Å². The summed E-state index contributed by atoms with van der Waals surface area (Å²) in [6, 6.07) is 27.2. The zero-order chi connectivity index (χ0) is 22.5. The highest BCUT2D eigenvalue weighted by Gasteiger charge is 2.46. The van der Waals surface area contributed by atoms with Gasteiger partial charge in [0.05, 0.1) is 11.8 Å². The van der Waals surface area contributed by atoms with Crippen molar-refractivity contribution in [3.8, 4) is 0 Å². The molecule has 1 N–H and O–H groups in total. The van der Waals surface area contributed by atoms with Crippen molar-refractivity contribution in [1.82, 2.24) is 0 Å². The lowest BCUT2D eigenvalue weighted by atomic mass is 9.67. The molecule has 3 aromatic rings. The quantitative estimate of drug-likeness (QED) is 0.314. The Morgan fingerprint density at radius 2 is 1.13 bits per heavy atom. The Labute approximate surface area is 179 Å². The van der Waals surface area contributed by atoms with Crippen LogP contribution in [0.5, 0.6) is 0 Å². The van der Waals surface area contributed by atoms with Crippen molar-refractivity contribution in [2.75, 3.05) is 6.61 Å². The van der Waals surface area contributed by atoms with E-state index in [1.807, 2.05) is 54.6 Å². The van der Waals surface area contributed by atoms with Crippen LogP contribution >= 0.6 is 0 Å². The standard InChI is InChI=1S/C23H20F2O5S/c24-23(25,31(27,28)29)17-30-21(26)16-22(18-10-4-1-5-11-18,19-12-6-2-7-13-19)20-14-8-3-9-15-20/h1-15H,16-17H2,(H,27,28,29). The average Bonchev–Trinajstić information content (AvgIpc) is 2.77. The Morgan fingerprint density at radius 1 is 0.774 bits per heavy atom. The molecule has 3 rings (SSSR count). The predicted octanol–water partition coefficient (Wildman–Crippen LogP) is 4.43. The summed E-state index contributed by atoms with van der Waals surface area (Å²) in [7, 11) is -5.71. The molecular weight excluding hydrogens is 426 g/mol. The lowest BCUT2D eigenvalue weighted by Crippen LogP contribution is -2.37. The van der Waals surface area contributed by atoms with Crippen molar-refractivity contribution in [3.63, 3.8) is 0 Å². The highest BCUT2D eigenvalue weighted by atomic mass is 32.2. The van der Waals surface area contributed by atoms with Crippen LogP contribution in [0.2, 0.25) is 0 Å². The average molecular weight is 446 g/mol. The molecule has 0 saturated carbocycles. The smallest absolute Gasteiger partial charge is 0.402 e. The van der Waals surface area contributed by atoms with Gasteiger partial charge in [-0.1, -0.05) is 91.0 Å². The maximum atomic E-state index is 13.6. The molecule has 31 heavy (non-hydrogen) atoms. The lowest BCUT2D eigenvalue weighted by molar-refractivity contribution is -0.150. The minimum Gasteiger partial charge on any atom is -0.458 e. The topological polar surface area (TPSA) is 80.7 Å². The number of ether oxygens (including phenoxy) is 1. The van der Waals surface area contributed by atoms with Crippen LogP contribution in [0.15, 0.2) is 91.0 Å². The summed E-state index contributed by atoms with van der Waals surface area (Å²) < 4.78 is 62.1. The van der Waals surface area contributed by atoms with Gasteiger partial charge in [-0.2, -0.15) is 17.2 Å². The van der Waals surface area contributed by atoms with E-state index in [1.165, 1.54) is 0 Å². The minimum absolute atomic E-state index is 0.368. The molecule has 0 aromatic heterocycles. The summed E-state index contributed by atoms with van der Waals surface area (Å²) in [5.41, 5.74) is 1.11. The van der Waals surface area contributed by atoms with E-state index in [0.29, 0.717) is 0 Å². The molecule has 162 valence electrons. The molecule has 0 saturated heterocycles. The third-order valence-electron chi connectivity index (χ3n) is 4.99. The van der Waals surface area contributed by atoms with E-state index in [4.69, 9.17) is 4.55 Å². The lowest BCUT2D eigenvalue weighted by Gasteiger charge is -2.35. The van der Waals surface area contributed by atoms with E-state index in [0.717, 1.165) is 16.7 Å². The molecule has 0 fully saturated rings. The van der Waals surface area contributed by atoms with E-state index >= 15 is 0 Å². The number of halogens is 2. The van der Waals surface area contributed by atoms with Gasteiger partial charge in [-0.3, -0.25) is 9.35 Å². The van der Waals surface area contributed by atoms with Crippen molar-refractivity contribution in [2.24, 2.45) is 0 Å². The number of carbonyl (C=O) groups is 1. The van der Waals surface area contributed by atoms with E-state index in [-0.39, 0.29) is 6.42 Å². The Hall–Kier alpha value is -3.10. The molecule has 0 heterocycles. The van der Waals surface area contributed by atoms with E-state index in [9.17, 15) is 22.0 Å². The largest absolute Gasteiger partial charge is 0.458 e. The summed E-state index contributed by atoms with van der Waals surface area (Å²) >= 11 is 0. The van der Waals surface area contributed by atoms with Crippen LogP contribution in [0.25, 0.3) is 0 Å². The summed E-state index contributed by atoms with van der Waals surface area (Å²) in [5, 5.41) is -4.60. The first kappa shape index (κ1) is 22.6. The van der Waals surface area contributed by atoms with E-state index in [2.05, 4.69) is 4.74 Å². The van der Waals surface area contributed by atoms with Gasteiger partial charge in [-0.15, -0.1) is 0 Å². The molecule has 8 heteroatoms. The summed E-state index contributed by atoms with van der Waals surface area (Å²) in [5.74, 6) is -1.04. The normalized spacial score (nSPS) is 12.4. The van der Waals surface area contributed by atoms with Gasteiger partial charge < -0.3 is 4.74 Å². The Morgan fingerprint density at radius 3 is 1.45 bits per heavy atom. The number of carbonyl (C=O) groups excluding carboxylic acids is 1.